The van der Waals surface area contributed by atoms with Crippen molar-refractivity contribution in [1.82, 2.24) is 23.4 Å². The highest BCUT2D eigenvalue weighted by molar-refractivity contribution is 5.73. The molecule has 0 aliphatic carbocycles. The predicted octanol–water partition coefficient (Wildman–Crippen LogP) is 8.93. The Morgan fingerprint density at radius 3 is 0.753 bits per heavy atom. The first-order valence-corrected chi connectivity index (χ1v) is 24.2. The second kappa shape index (κ2) is 300. The van der Waals surface area contributed by atoms with Gasteiger partial charge in [-0.2, -0.15) is 0 Å². The van der Waals surface area contributed by atoms with Crippen molar-refractivity contribution in [3.63, 3.8) is 0 Å². The first-order valence-electron chi connectivity index (χ1n) is 24.2. The Morgan fingerprint density at radius 1 is 0.494 bits per heavy atom. The summed E-state index contributed by atoms with van der Waals surface area (Å²) in [7, 11) is 9.00. The SMILES string of the molecule is C=O.C=O.C=O.C=O.C=O.C=O.C=O.C=O.C=O.CC.CC.CC.CC(=O)N1CCCCC1.CC(C)O.CCC(C)C.CCC(C)C.CCOC(C)(C)C.CCc1ccccc1.CN.CN.CN.CN.CN.CN.N.N.N. The molecule has 0 aromatic heterocycles. The standard InChI is InChI=1S/C8H10.C7H13NO.C6H14O.2C5H12.C3H8O.3C2H6.6CH5N.9CH2O.3H3N/c1-2-8-6-4-3-5-7-8;1-7(9)8-5-3-2-4-6-8;1-5-7-6(2,3)4;2*1-4-5(2)3;1-3(2)4;18*1-2;;;/h3-7H,2H2,1H3;2-6H2,1H3;5H2,1-4H3;2*5H,4H2,1-3H3;3-4H,1-2H3;3*1-2H3;6*2H2,1H3;9*1H2;3*1H3. The van der Waals surface area contributed by atoms with Crippen LogP contribution in [-0.4, -0.2) is 151 Å². The van der Waals surface area contributed by atoms with Crippen molar-refractivity contribution >= 4 is 67.0 Å². The van der Waals surface area contributed by atoms with Gasteiger partial charge in [-0.3, -0.25) is 4.79 Å². The van der Waals surface area contributed by atoms with Crippen LogP contribution in [0, 0.1) is 11.8 Å². The highest BCUT2D eigenvalue weighted by atomic mass is 16.5. The first kappa shape index (κ1) is 164. The highest BCUT2D eigenvalue weighted by Gasteiger charge is 2.11. The van der Waals surface area contributed by atoms with Crippen molar-refractivity contribution < 1.29 is 57.8 Å². The molecule has 0 saturated carbocycles. The Labute approximate surface area is 479 Å². The number of aliphatic hydroxyl groups is 1. The van der Waals surface area contributed by atoms with Gasteiger partial charge in [0, 0.05) is 32.7 Å². The molecule has 0 bridgehead atoms. The number of nitrogens with zero attached hydrogens (tertiary/aromatic N) is 1. The first-order chi connectivity index (χ1) is 35.6. The van der Waals surface area contributed by atoms with Crippen LogP contribution in [0.5, 0.6) is 0 Å². The number of benzene rings is 1. The number of carbonyl (C=O) groups is 10. The number of rotatable bonds is 4. The van der Waals surface area contributed by atoms with E-state index in [0.29, 0.717) is 0 Å². The van der Waals surface area contributed by atoms with E-state index in [4.69, 9.17) is 53.0 Å². The van der Waals surface area contributed by atoms with Crippen LogP contribution in [0.3, 0.4) is 0 Å². The van der Waals surface area contributed by atoms with Crippen LogP contribution in [0.15, 0.2) is 30.3 Å². The number of amides is 1. The van der Waals surface area contributed by atoms with Crippen molar-refractivity contribution in [2.45, 2.75) is 189 Å². The normalized spacial score (nSPS) is 7.25. The van der Waals surface area contributed by atoms with Gasteiger partial charge < -0.3 is 111 Å². The summed E-state index contributed by atoms with van der Waals surface area (Å²) in [6.07, 6.45) is 7.27. The van der Waals surface area contributed by atoms with E-state index in [1.807, 2.05) is 121 Å². The zero-order valence-corrected chi connectivity index (χ0v) is 55.8. The van der Waals surface area contributed by atoms with Crippen LogP contribution in [0.4, 0.5) is 0 Å². The summed E-state index contributed by atoms with van der Waals surface area (Å²) >= 11 is 0. The van der Waals surface area contributed by atoms with Crippen molar-refractivity contribution in [3.8, 4) is 0 Å². The summed E-state index contributed by atoms with van der Waals surface area (Å²) in [5.74, 6) is 2.00. The maximum atomic E-state index is 10.7. The number of ether oxygens (including phenoxy) is 1. The molecular formula is C55H144N10O12. The lowest BCUT2D eigenvalue weighted by Gasteiger charge is -2.24. The number of nitrogens with two attached hydrogens (primary N) is 6. The zero-order chi connectivity index (χ0) is 66.6. The number of hydrogen-bond donors (Lipinski definition) is 10. The summed E-state index contributed by atoms with van der Waals surface area (Å²) in [5.41, 5.74) is 28.5. The van der Waals surface area contributed by atoms with Crippen molar-refractivity contribution in [3.05, 3.63) is 35.9 Å². The predicted molar refractivity (Wildman–Crippen MR) is 345 cm³/mol. The van der Waals surface area contributed by atoms with Crippen LogP contribution >= 0.6 is 0 Å². The van der Waals surface area contributed by atoms with E-state index in [2.05, 4.69) is 128 Å². The molecule has 1 aliphatic heterocycles. The molecule has 77 heavy (non-hydrogen) atoms. The molecule has 0 unspecified atom stereocenters. The topological polar surface area (TPSA) is 465 Å². The van der Waals surface area contributed by atoms with Gasteiger partial charge in [-0.25, -0.2) is 0 Å². The molecule has 22 nitrogen and oxygen atoms in total. The van der Waals surface area contributed by atoms with E-state index in [-0.39, 0.29) is 36.1 Å². The summed E-state index contributed by atoms with van der Waals surface area (Å²) in [4.78, 5) is 84.6. The minimum absolute atomic E-state index is 0. The molecule has 0 spiro atoms. The molecule has 1 amide bonds. The summed E-state index contributed by atoms with van der Waals surface area (Å²) in [6, 6.07) is 10.5. The van der Waals surface area contributed by atoms with Gasteiger partial charge in [0.15, 0.2) is 0 Å². The minimum atomic E-state index is -0.167. The van der Waals surface area contributed by atoms with Crippen LogP contribution in [0.25, 0.3) is 0 Å². The Balaban J connectivity index is -0.0000000164. The Bertz CT molecular complexity index is 730. The lowest BCUT2D eigenvalue weighted by molar-refractivity contribution is -0.129. The third-order valence-corrected chi connectivity index (χ3v) is 5.26. The van der Waals surface area contributed by atoms with Crippen molar-refractivity contribution in [1.29, 1.82) is 0 Å². The van der Waals surface area contributed by atoms with Crippen LogP contribution in [0.1, 0.15) is 176 Å². The minimum Gasteiger partial charge on any atom is -0.394 e. The number of carbonyl (C=O) groups excluding carboxylic acids is 10. The second-order valence-corrected chi connectivity index (χ2v) is 11.6. The molecule has 486 valence electrons. The van der Waals surface area contributed by atoms with Gasteiger partial charge in [0.2, 0.25) is 5.91 Å². The summed E-state index contributed by atoms with van der Waals surface area (Å²) in [6.45, 7) is 61.5. The fourth-order valence-corrected chi connectivity index (χ4v) is 2.36. The lowest BCUT2D eigenvalue weighted by atomic mass is 10.1. The lowest BCUT2D eigenvalue weighted by Crippen LogP contribution is -2.33. The molecule has 0 atom stereocenters. The quantitative estimate of drug-likeness (QED) is 0.134. The van der Waals surface area contributed by atoms with Crippen molar-refractivity contribution in [2.75, 3.05) is 62.0 Å². The van der Waals surface area contributed by atoms with Gasteiger partial charge in [0.1, 0.15) is 61.1 Å². The molecule has 1 aromatic carbocycles. The molecule has 1 heterocycles. The largest absolute Gasteiger partial charge is 0.394 e. The molecular weight excluding hydrogens is 993 g/mol. The van der Waals surface area contributed by atoms with E-state index in [0.717, 1.165) is 38.0 Å². The molecule has 0 radical (unpaired) electrons. The summed E-state index contributed by atoms with van der Waals surface area (Å²) in [5, 5.41) is 8.06. The Kier molecular flexibility index (Phi) is 639. The molecule has 22 heteroatoms. The number of aliphatic hydroxyl groups excluding tert-OH is 1. The van der Waals surface area contributed by atoms with Crippen LogP contribution in [-0.2, 0) is 59.1 Å². The van der Waals surface area contributed by atoms with E-state index >= 15 is 0 Å². The van der Waals surface area contributed by atoms with E-state index in [9.17, 15) is 4.79 Å². The highest BCUT2D eigenvalue weighted by Crippen LogP contribution is 2.07. The van der Waals surface area contributed by atoms with E-state index < -0.39 is 0 Å². The van der Waals surface area contributed by atoms with Crippen molar-refractivity contribution in [2.24, 2.45) is 46.2 Å². The van der Waals surface area contributed by atoms with Gasteiger partial charge in [0.05, 0.1) is 5.60 Å². The van der Waals surface area contributed by atoms with Gasteiger partial charge in [-0.15, -0.1) is 0 Å². The third kappa shape index (κ3) is 535. The van der Waals surface area contributed by atoms with Gasteiger partial charge in [-0.1, -0.05) is 133 Å². The van der Waals surface area contributed by atoms with Gasteiger partial charge in [0.25, 0.3) is 0 Å². The van der Waals surface area contributed by atoms with E-state index in [1.54, 1.807) is 20.8 Å². The van der Waals surface area contributed by atoms with Crippen LogP contribution < -0.4 is 52.9 Å². The maximum absolute atomic E-state index is 10.7. The molecule has 1 aliphatic rings. The average Bonchev–Trinajstić information content (AvgIpc) is 3.51. The Hall–Kier alpha value is -4.72. The molecule has 1 saturated heterocycles. The van der Waals surface area contributed by atoms with Gasteiger partial charge >= 0.3 is 0 Å². The summed E-state index contributed by atoms with van der Waals surface area (Å²) < 4.78 is 5.23. The Morgan fingerprint density at radius 2 is 0.675 bits per heavy atom. The van der Waals surface area contributed by atoms with Gasteiger partial charge in [-0.05, 0) is 127 Å². The number of hydrogen-bond acceptors (Lipinski definition) is 21. The maximum Gasteiger partial charge on any atom is 0.219 e. The molecule has 22 N–H and O–H groups in total. The smallest absolute Gasteiger partial charge is 0.219 e. The average molecular weight is 1140 g/mol. The molecule has 1 aromatic rings. The fraction of sp³-hybridized carbons (Fsp3) is 0.709. The third-order valence-electron chi connectivity index (χ3n) is 5.26. The van der Waals surface area contributed by atoms with Crippen LogP contribution in [0.2, 0.25) is 0 Å². The van der Waals surface area contributed by atoms with E-state index in [1.165, 1.54) is 80.0 Å². The fourth-order valence-electron chi connectivity index (χ4n) is 2.36. The second-order valence-electron chi connectivity index (χ2n) is 11.6. The number of likely N-dealkylation sites (tertiary alicyclic amines) is 1. The number of aryl methyl sites for hydroxylation is 1. The monoisotopic (exact) mass is 1140 g/mol. The molecule has 1 fully saturated rings. The number of piperidine rings is 1. The molecule has 2 rings (SSSR count). The zero-order valence-electron chi connectivity index (χ0n) is 55.8.